The molecule has 13 heteroatoms. The highest BCUT2D eigenvalue weighted by atomic mass is 28.3. The highest BCUT2D eigenvalue weighted by molar-refractivity contribution is 6.78. The molecule has 5 rings (SSSR count). The molecule has 2 aliphatic heterocycles. The van der Waals surface area contributed by atoms with Crippen molar-refractivity contribution in [3.05, 3.63) is 57.4 Å². The Labute approximate surface area is 280 Å². The number of rotatable bonds is 9. The van der Waals surface area contributed by atoms with Crippen LogP contribution in [-0.4, -0.2) is 53.8 Å². The molecule has 1 N–H and O–H groups in total. The van der Waals surface area contributed by atoms with Gasteiger partial charge in [0.05, 0.1) is 29.0 Å². The number of esters is 3. The van der Waals surface area contributed by atoms with E-state index in [9.17, 15) is 24.0 Å². The molecule has 0 radical (unpaired) electrons. The van der Waals surface area contributed by atoms with Crippen LogP contribution in [0.2, 0.25) is 19.1 Å². The minimum atomic E-state index is -2.35. The van der Waals surface area contributed by atoms with Gasteiger partial charge in [-0.3, -0.25) is 14.4 Å². The van der Waals surface area contributed by atoms with E-state index < -0.39 is 49.0 Å². The Morgan fingerprint density at radius 1 is 1.12 bits per heavy atom. The van der Waals surface area contributed by atoms with Crippen molar-refractivity contribution in [2.75, 3.05) is 6.54 Å². The molecule has 2 unspecified atom stereocenters. The molecule has 2 aliphatic rings. The Morgan fingerprint density at radius 3 is 2.50 bits per heavy atom. The number of amides is 1. The number of aromatic nitrogens is 2. The number of carbonyl (C=O) groups excluding carboxylic acids is 4. The van der Waals surface area contributed by atoms with E-state index in [2.05, 4.69) is 18.4 Å². The maximum atomic E-state index is 14.5. The smallest absolute Gasteiger partial charge is 0.407 e. The number of hydrogen-bond donors (Lipinski definition) is 1. The molecule has 4 heterocycles. The summed E-state index contributed by atoms with van der Waals surface area (Å²) in [6.45, 7) is 14.9. The largest absolute Gasteiger partial charge is 0.458 e. The first-order valence-corrected chi connectivity index (χ1v) is 19.6. The summed E-state index contributed by atoms with van der Waals surface area (Å²) >= 11 is 0. The van der Waals surface area contributed by atoms with Crippen LogP contribution in [0.4, 0.5) is 4.79 Å². The van der Waals surface area contributed by atoms with Gasteiger partial charge in [-0.15, -0.1) is 0 Å². The normalized spacial score (nSPS) is 18.3. The summed E-state index contributed by atoms with van der Waals surface area (Å²) in [5.74, 6) is -1.41. The Bertz CT molecular complexity index is 1880. The summed E-state index contributed by atoms with van der Waals surface area (Å²) in [6.07, 6.45) is -0.398. The van der Waals surface area contributed by atoms with Gasteiger partial charge in [0.1, 0.15) is 25.2 Å². The van der Waals surface area contributed by atoms with Crippen LogP contribution >= 0.6 is 0 Å². The zero-order valence-electron chi connectivity index (χ0n) is 28.8. The van der Waals surface area contributed by atoms with Gasteiger partial charge in [0, 0.05) is 36.4 Å². The lowest BCUT2D eigenvalue weighted by Gasteiger charge is -2.43. The molecule has 0 fully saturated rings. The van der Waals surface area contributed by atoms with Gasteiger partial charge in [0.2, 0.25) is 5.60 Å². The fourth-order valence-electron chi connectivity index (χ4n) is 6.14. The molecule has 2 atom stereocenters. The van der Waals surface area contributed by atoms with Gasteiger partial charge in [-0.1, -0.05) is 33.0 Å². The lowest BCUT2D eigenvalue weighted by atomic mass is 9.85. The lowest BCUT2D eigenvalue weighted by Crippen LogP contribution is -2.53. The number of carbonyl (C=O) groups is 4. The van der Waals surface area contributed by atoms with Gasteiger partial charge in [-0.2, -0.15) is 0 Å². The second kappa shape index (κ2) is 12.8. The van der Waals surface area contributed by atoms with E-state index in [0.717, 1.165) is 17.0 Å². The molecule has 3 aromatic rings. The van der Waals surface area contributed by atoms with Gasteiger partial charge in [-0.05, 0) is 63.9 Å². The molecular weight excluding hydrogens is 634 g/mol. The Kier molecular flexibility index (Phi) is 9.30. The maximum absolute atomic E-state index is 14.5. The summed E-state index contributed by atoms with van der Waals surface area (Å²) in [7, 11) is -2.35. The molecule has 48 heavy (non-hydrogen) atoms. The topological polar surface area (TPSA) is 152 Å². The minimum Gasteiger partial charge on any atom is -0.458 e. The Morgan fingerprint density at radius 2 is 1.85 bits per heavy atom. The molecule has 0 saturated carbocycles. The Balaban J connectivity index is 1.54. The van der Waals surface area contributed by atoms with Crippen molar-refractivity contribution < 1.29 is 38.1 Å². The number of fused-ring (bicyclic) bond motifs is 5. The van der Waals surface area contributed by atoms with E-state index in [0.29, 0.717) is 33.8 Å². The van der Waals surface area contributed by atoms with Crippen molar-refractivity contribution in [2.24, 2.45) is 0 Å². The summed E-state index contributed by atoms with van der Waals surface area (Å²) in [4.78, 5) is 70.2. The number of ether oxygens (including phenoxy) is 4. The number of alkyl carbamates (subject to hydrolysis) is 1. The van der Waals surface area contributed by atoms with E-state index in [1.165, 1.54) is 6.92 Å². The molecular formula is C35H43N3O9Si. The molecule has 1 aromatic carbocycles. The average molecular weight is 678 g/mol. The SMILES string of the molecule is CCC1(OC(=O)CCCNC(=O)OC(C)(C)C)C(=O)OC([Si](C)(C)CC)c2c1cc1n(c2=O)Cc2cc3cc(OC(C)=O)ccc3nc2-1. The molecule has 256 valence electrons. The van der Waals surface area contributed by atoms with E-state index >= 15 is 0 Å². The number of cyclic esters (lactones) is 1. The van der Waals surface area contributed by atoms with Crippen LogP contribution in [0.3, 0.4) is 0 Å². The molecule has 0 saturated heterocycles. The van der Waals surface area contributed by atoms with Crippen molar-refractivity contribution in [3.8, 4) is 17.1 Å². The highest BCUT2D eigenvalue weighted by Crippen LogP contribution is 2.47. The van der Waals surface area contributed by atoms with Crippen LogP contribution in [0.25, 0.3) is 22.3 Å². The first-order valence-electron chi connectivity index (χ1n) is 16.3. The summed E-state index contributed by atoms with van der Waals surface area (Å²) < 4.78 is 24.2. The second-order valence-corrected chi connectivity index (χ2v) is 19.2. The summed E-state index contributed by atoms with van der Waals surface area (Å²) in [6, 6.07) is 9.55. The highest BCUT2D eigenvalue weighted by Gasteiger charge is 2.55. The van der Waals surface area contributed by atoms with Crippen molar-refractivity contribution in [2.45, 2.75) is 103 Å². The van der Waals surface area contributed by atoms with Gasteiger partial charge in [0.15, 0.2) is 0 Å². The third-order valence-electron chi connectivity index (χ3n) is 8.92. The van der Waals surface area contributed by atoms with E-state index in [1.807, 2.05) is 13.0 Å². The zero-order valence-corrected chi connectivity index (χ0v) is 29.8. The van der Waals surface area contributed by atoms with Crippen molar-refractivity contribution in [3.63, 3.8) is 0 Å². The third kappa shape index (κ3) is 6.60. The second-order valence-electron chi connectivity index (χ2n) is 14.0. The van der Waals surface area contributed by atoms with E-state index in [4.69, 9.17) is 23.9 Å². The number of nitrogens with one attached hydrogen (secondary N) is 1. The average Bonchev–Trinajstić information content (AvgIpc) is 3.36. The van der Waals surface area contributed by atoms with Crippen LogP contribution in [0, 0.1) is 0 Å². The predicted octanol–water partition coefficient (Wildman–Crippen LogP) is 5.67. The van der Waals surface area contributed by atoms with Crippen molar-refractivity contribution >= 4 is 43.0 Å². The fourth-order valence-corrected chi connectivity index (χ4v) is 7.99. The van der Waals surface area contributed by atoms with E-state index in [1.54, 1.807) is 56.5 Å². The molecule has 0 bridgehead atoms. The van der Waals surface area contributed by atoms with Crippen LogP contribution in [0.5, 0.6) is 5.75 Å². The maximum Gasteiger partial charge on any atom is 0.407 e. The molecule has 0 spiro atoms. The Hall–Kier alpha value is -4.52. The van der Waals surface area contributed by atoms with E-state index in [-0.39, 0.29) is 37.9 Å². The van der Waals surface area contributed by atoms with Crippen molar-refractivity contribution in [1.29, 1.82) is 0 Å². The van der Waals surface area contributed by atoms with Crippen LogP contribution in [0.15, 0.2) is 35.1 Å². The minimum absolute atomic E-state index is 0.0430. The van der Waals surface area contributed by atoms with Gasteiger partial charge in [0.25, 0.3) is 5.56 Å². The zero-order chi connectivity index (χ0) is 35.2. The van der Waals surface area contributed by atoms with Gasteiger partial charge in [-0.25, -0.2) is 14.6 Å². The molecule has 1 amide bonds. The quantitative estimate of drug-likeness (QED) is 0.0771. The molecule has 12 nitrogen and oxygen atoms in total. The lowest BCUT2D eigenvalue weighted by molar-refractivity contribution is -0.190. The first kappa shape index (κ1) is 34.8. The predicted molar refractivity (Wildman–Crippen MR) is 180 cm³/mol. The third-order valence-corrected chi connectivity index (χ3v) is 12.6. The monoisotopic (exact) mass is 677 g/mol. The van der Waals surface area contributed by atoms with Gasteiger partial charge >= 0.3 is 24.0 Å². The summed E-state index contributed by atoms with van der Waals surface area (Å²) in [5, 5.41) is 3.36. The number of pyridine rings is 2. The van der Waals surface area contributed by atoms with Gasteiger partial charge < -0.3 is 28.8 Å². The van der Waals surface area contributed by atoms with Crippen LogP contribution < -0.4 is 15.6 Å². The molecule has 2 aromatic heterocycles. The number of hydrogen-bond acceptors (Lipinski definition) is 10. The van der Waals surface area contributed by atoms with Crippen molar-refractivity contribution in [1.82, 2.24) is 14.9 Å². The van der Waals surface area contributed by atoms with Crippen LogP contribution in [-0.2, 0) is 40.7 Å². The summed E-state index contributed by atoms with van der Waals surface area (Å²) in [5.41, 5.74) is -0.371. The fraction of sp³-hybridized carbons (Fsp3) is 0.486. The molecule has 0 aliphatic carbocycles. The number of nitrogens with zero attached hydrogens (tertiary/aromatic N) is 2. The standard InChI is InChI=1S/C35H43N3O9Si/c1-9-35(46-27(40)12-11-15-36-33(43)47-34(4,5)6)24-18-26-29-22(16-21-17-23(44-20(3)39)13-14-25(21)37-29)19-38(26)30(41)28(24)31(45-32(35)42)48(7,8)10-2/h13-14,16-18,31H,9-12,15,19H2,1-8H3,(H,36,43). The number of benzene rings is 1. The van der Waals surface area contributed by atoms with Crippen LogP contribution in [0.1, 0.15) is 83.2 Å². The first-order chi connectivity index (χ1) is 22.5.